The third kappa shape index (κ3) is 2.11. The molecule has 0 spiro atoms. The van der Waals surface area contributed by atoms with Crippen LogP contribution >= 0.6 is 0 Å². The molecule has 0 aromatic carbocycles. The van der Waals surface area contributed by atoms with Crippen LogP contribution in [-0.2, 0) is 7.05 Å². The third-order valence-corrected chi connectivity index (χ3v) is 2.24. The molecule has 16 heavy (non-hydrogen) atoms. The molecule has 2 rings (SSSR count). The van der Waals surface area contributed by atoms with E-state index < -0.39 is 0 Å². The van der Waals surface area contributed by atoms with Crippen LogP contribution in [0, 0.1) is 0 Å². The molecule has 2 aromatic heterocycles. The fourth-order valence-electron chi connectivity index (χ4n) is 1.41. The Balaban J connectivity index is 2.31. The first kappa shape index (κ1) is 10.8. The minimum Gasteiger partial charge on any atom is -0.368 e. The highest BCUT2D eigenvalue weighted by Crippen LogP contribution is 2.17. The number of nitrogens with two attached hydrogens (primary N) is 1. The number of fused-ring (bicyclic) bond motifs is 1. The number of hydrogen-bond donors (Lipinski definition) is 2. The van der Waals surface area contributed by atoms with Gasteiger partial charge in [0, 0.05) is 19.1 Å². The summed E-state index contributed by atoms with van der Waals surface area (Å²) in [7, 11) is 1.85. The highest BCUT2D eigenvalue weighted by Gasteiger charge is 2.12. The van der Waals surface area contributed by atoms with Crippen molar-refractivity contribution in [2.24, 2.45) is 12.8 Å². The van der Waals surface area contributed by atoms with Crippen LogP contribution in [0.2, 0.25) is 0 Å². The van der Waals surface area contributed by atoms with Gasteiger partial charge in [-0.05, 0) is 13.8 Å². The van der Waals surface area contributed by atoms with Gasteiger partial charge in [-0.2, -0.15) is 5.10 Å². The molecular weight excluding hydrogens is 204 g/mol. The zero-order valence-corrected chi connectivity index (χ0v) is 9.73. The van der Waals surface area contributed by atoms with E-state index in [0.29, 0.717) is 6.54 Å². The lowest BCUT2D eigenvalue weighted by molar-refractivity contribution is 0.549. The average molecular weight is 220 g/mol. The normalized spacial score (nSPS) is 12.0. The van der Waals surface area contributed by atoms with Crippen molar-refractivity contribution in [1.29, 1.82) is 0 Å². The topological polar surface area (TPSA) is 81.7 Å². The number of hydrogen-bond acceptors (Lipinski definition) is 5. The first-order valence-electron chi connectivity index (χ1n) is 5.13. The second-order valence-corrected chi connectivity index (χ2v) is 4.57. The molecule has 0 atom stereocenters. The van der Waals surface area contributed by atoms with Gasteiger partial charge in [-0.3, -0.25) is 4.68 Å². The molecule has 0 fully saturated rings. The minimum absolute atomic E-state index is 0.278. The summed E-state index contributed by atoms with van der Waals surface area (Å²) in [6.07, 6.45) is 3.27. The zero-order valence-electron chi connectivity index (χ0n) is 9.73. The Labute approximate surface area is 93.9 Å². The number of nitrogens with one attached hydrogen (secondary N) is 1. The molecule has 0 saturated heterocycles. The summed E-state index contributed by atoms with van der Waals surface area (Å²) in [5.41, 5.74) is 6.44. The molecule has 6 heteroatoms. The van der Waals surface area contributed by atoms with Crippen molar-refractivity contribution in [2.75, 3.05) is 11.9 Å². The van der Waals surface area contributed by atoms with E-state index in [9.17, 15) is 0 Å². The number of aryl methyl sites for hydroxylation is 1. The van der Waals surface area contributed by atoms with Gasteiger partial charge in [0.05, 0.1) is 11.6 Å². The lowest BCUT2D eigenvalue weighted by atomic mass is 10.1. The van der Waals surface area contributed by atoms with E-state index in [1.807, 2.05) is 20.9 Å². The molecule has 0 amide bonds. The highest BCUT2D eigenvalue weighted by molar-refractivity contribution is 5.85. The molecule has 86 valence electrons. The Kier molecular flexibility index (Phi) is 2.51. The fraction of sp³-hybridized carbons (Fsp3) is 0.500. The average Bonchev–Trinajstić information content (AvgIpc) is 2.57. The molecule has 0 unspecified atom stereocenters. The van der Waals surface area contributed by atoms with E-state index in [0.717, 1.165) is 16.9 Å². The highest BCUT2D eigenvalue weighted by atomic mass is 15.3. The van der Waals surface area contributed by atoms with Crippen LogP contribution in [0.15, 0.2) is 12.5 Å². The Morgan fingerprint density at radius 1 is 1.44 bits per heavy atom. The third-order valence-electron chi connectivity index (χ3n) is 2.24. The number of nitrogens with zero attached hydrogens (tertiary/aromatic N) is 4. The lowest BCUT2D eigenvalue weighted by Gasteiger charge is -2.19. The van der Waals surface area contributed by atoms with E-state index in [2.05, 4.69) is 20.4 Å². The number of rotatable bonds is 3. The molecule has 2 heterocycles. The van der Waals surface area contributed by atoms with Gasteiger partial charge in [0.2, 0.25) is 0 Å². The van der Waals surface area contributed by atoms with Crippen LogP contribution in [0.5, 0.6) is 0 Å². The van der Waals surface area contributed by atoms with Gasteiger partial charge in [-0.25, -0.2) is 9.97 Å². The van der Waals surface area contributed by atoms with E-state index >= 15 is 0 Å². The van der Waals surface area contributed by atoms with Crippen LogP contribution < -0.4 is 11.1 Å². The Morgan fingerprint density at radius 2 is 2.19 bits per heavy atom. The van der Waals surface area contributed by atoms with E-state index in [-0.39, 0.29) is 5.54 Å². The summed E-state index contributed by atoms with van der Waals surface area (Å²) in [5, 5.41) is 8.27. The maximum absolute atomic E-state index is 5.91. The molecule has 0 aliphatic carbocycles. The van der Waals surface area contributed by atoms with Gasteiger partial charge in [0.15, 0.2) is 5.65 Å². The molecule has 0 bridgehead atoms. The Hall–Kier alpha value is -1.69. The summed E-state index contributed by atoms with van der Waals surface area (Å²) < 4.78 is 1.72. The van der Waals surface area contributed by atoms with Crippen LogP contribution in [0.1, 0.15) is 13.8 Å². The van der Waals surface area contributed by atoms with Crippen molar-refractivity contribution in [3.8, 4) is 0 Å². The molecule has 3 N–H and O–H groups in total. The molecule has 6 nitrogen and oxygen atoms in total. The van der Waals surface area contributed by atoms with Crippen molar-refractivity contribution < 1.29 is 0 Å². The monoisotopic (exact) mass is 220 g/mol. The summed E-state index contributed by atoms with van der Waals surface area (Å²) in [4.78, 5) is 8.36. The second-order valence-electron chi connectivity index (χ2n) is 4.57. The maximum Gasteiger partial charge on any atom is 0.163 e. The smallest absolute Gasteiger partial charge is 0.163 e. The van der Waals surface area contributed by atoms with Crippen molar-refractivity contribution in [3.63, 3.8) is 0 Å². The summed E-state index contributed by atoms with van der Waals surface area (Å²) >= 11 is 0. The summed E-state index contributed by atoms with van der Waals surface area (Å²) in [5.74, 6) is 0.775. The quantitative estimate of drug-likeness (QED) is 0.787. The Bertz CT molecular complexity index is 495. The van der Waals surface area contributed by atoms with E-state index in [4.69, 9.17) is 5.73 Å². The van der Waals surface area contributed by atoms with E-state index in [1.165, 1.54) is 6.33 Å². The van der Waals surface area contributed by atoms with Crippen LogP contribution in [-0.4, -0.2) is 31.8 Å². The molecule has 0 saturated carbocycles. The van der Waals surface area contributed by atoms with Crippen molar-refractivity contribution in [1.82, 2.24) is 19.7 Å². The van der Waals surface area contributed by atoms with Gasteiger partial charge in [-0.1, -0.05) is 0 Å². The van der Waals surface area contributed by atoms with E-state index in [1.54, 1.807) is 10.9 Å². The van der Waals surface area contributed by atoms with Gasteiger partial charge < -0.3 is 11.1 Å². The SMILES string of the molecule is Cn1ncc2c(NCC(C)(C)N)ncnc21. The largest absolute Gasteiger partial charge is 0.368 e. The zero-order chi connectivity index (χ0) is 11.8. The predicted molar refractivity (Wildman–Crippen MR) is 63.1 cm³/mol. The molecule has 2 aromatic rings. The summed E-state index contributed by atoms with van der Waals surface area (Å²) in [6, 6.07) is 0. The predicted octanol–water partition coefficient (Wildman–Crippen LogP) is 0.513. The Morgan fingerprint density at radius 3 is 2.88 bits per heavy atom. The molecule has 0 aliphatic heterocycles. The fourth-order valence-corrected chi connectivity index (χ4v) is 1.41. The summed E-state index contributed by atoms with van der Waals surface area (Å²) in [6.45, 7) is 4.57. The molecule has 0 radical (unpaired) electrons. The maximum atomic E-state index is 5.91. The molecular formula is C10H16N6. The number of aromatic nitrogens is 4. The number of anilines is 1. The standard InChI is InChI=1S/C10H16N6/c1-10(2,11)5-12-8-7-4-15-16(3)9(7)14-6-13-8/h4,6H,5,11H2,1-3H3,(H,12,13,14). The molecule has 0 aliphatic rings. The van der Waals surface area contributed by atoms with Crippen LogP contribution in [0.25, 0.3) is 11.0 Å². The van der Waals surface area contributed by atoms with Gasteiger partial charge in [-0.15, -0.1) is 0 Å². The lowest BCUT2D eigenvalue weighted by Crippen LogP contribution is -2.39. The first-order valence-corrected chi connectivity index (χ1v) is 5.13. The van der Waals surface area contributed by atoms with Crippen molar-refractivity contribution in [3.05, 3.63) is 12.5 Å². The van der Waals surface area contributed by atoms with Gasteiger partial charge in [0.25, 0.3) is 0 Å². The van der Waals surface area contributed by atoms with Crippen molar-refractivity contribution in [2.45, 2.75) is 19.4 Å². The van der Waals surface area contributed by atoms with Gasteiger partial charge >= 0.3 is 0 Å². The first-order chi connectivity index (χ1) is 7.47. The van der Waals surface area contributed by atoms with Gasteiger partial charge in [0.1, 0.15) is 12.1 Å². The van der Waals surface area contributed by atoms with Crippen LogP contribution in [0.3, 0.4) is 0 Å². The second kappa shape index (κ2) is 3.71. The van der Waals surface area contributed by atoms with Crippen molar-refractivity contribution >= 4 is 16.9 Å². The van der Waals surface area contributed by atoms with Crippen LogP contribution in [0.4, 0.5) is 5.82 Å². The minimum atomic E-state index is -0.278.